The highest BCUT2D eigenvalue weighted by Gasteiger charge is 2.23. The second-order valence-electron chi connectivity index (χ2n) is 4.52. The summed E-state index contributed by atoms with van der Waals surface area (Å²) in [5.41, 5.74) is 0. The predicted molar refractivity (Wildman–Crippen MR) is 59.7 cm³/mol. The molecule has 1 aliphatic rings. The van der Waals surface area contributed by atoms with Crippen LogP contribution < -0.4 is 5.32 Å². The van der Waals surface area contributed by atoms with Gasteiger partial charge >= 0.3 is 0 Å². The molecular weight excluding hydrogens is 192 g/mol. The Balaban J connectivity index is 2.30. The van der Waals surface area contributed by atoms with E-state index in [2.05, 4.69) is 19.2 Å². The van der Waals surface area contributed by atoms with Crippen LogP contribution in [0.25, 0.3) is 0 Å². The number of carbonyl (C=O) groups excluding carboxylic acids is 1. The molecule has 0 aromatic rings. The zero-order valence-corrected chi connectivity index (χ0v) is 9.95. The largest absolute Gasteiger partial charge is 0.378 e. The van der Waals surface area contributed by atoms with E-state index < -0.39 is 0 Å². The smallest absolute Gasteiger partial charge is 0.241 e. The van der Waals surface area contributed by atoms with Gasteiger partial charge in [-0.1, -0.05) is 13.8 Å². The lowest BCUT2D eigenvalue weighted by atomic mass is 10.1. The van der Waals surface area contributed by atoms with Gasteiger partial charge in [0.1, 0.15) is 6.04 Å². The van der Waals surface area contributed by atoms with Gasteiger partial charge in [-0.25, -0.2) is 0 Å². The van der Waals surface area contributed by atoms with Crippen LogP contribution in [0.3, 0.4) is 0 Å². The summed E-state index contributed by atoms with van der Waals surface area (Å²) < 4.78 is 5.27. The van der Waals surface area contributed by atoms with Crippen molar-refractivity contribution in [2.75, 3.05) is 33.4 Å². The lowest BCUT2D eigenvalue weighted by molar-refractivity contribution is -0.135. The van der Waals surface area contributed by atoms with Crippen molar-refractivity contribution >= 4 is 5.91 Å². The fourth-order valence-electron chi connectivity index (χ4n) is 1.55. The minimum absolute atomic E-state index is 0.143. The number of hydrogen-bond acceptors (Lipinski definition) is 3. The summed E-state index contributed by atoms with van der Waals surface area (Å²) in [6.07, 6.45) is 1.05. The van der Waals surface area contributed by atoms with Crippen molar-refractivity contribution in [3.8, 4) is 0 Å². The molecule has 1 heterocycles. The van der Waals surface area contributed by atoms with Crippen molar-refractivity contribution in [3.05, 3.63) is 0 Å². The number of likely N-dealkylation sites (N-methyl/N-ethyl adjacent to an activating group) is 1. The summed E-state index contributed by atoms with van der Waals surface area (Å²) in [7, 11) is 1.86. The molecule has 4 heteroatoms. The highest BCUT2D eigenvalue weighted by molar-refractivity contribution is 5.81. The number of nitrogens with zero attached hydrogens (tertiary/aromatic N) is 1. The molecule has 1 aliphatic heterocycles. The lowest BCUT2D eigenvalue weighted by Crippen LogP contribution is -2.51. The van der Waals surface area contributed by atoms with E-state index in [1.54, 1.807) is 4.90 Å². The SMILES string of the molecule is CC(C)CCN(C)C(=O)C1COCCN1. The monoisotopic (exact) mass is 214 g/mol. The molecule has 1 unspecified atom stereocenters. The first kappa shape index (κ1) is 12.5. The average Bonchev–Trinajstić information content (AvgIpc) is 2.26. The lowest BCUT2D eigenvalue weighted by Gasteiger charge is -2.27. The van der Waals surface area contributed by atoms with Gasteiger partial charge in [0.05, 0.1) is 13.2 Å². The van der Waals surface area contributed by atoms with Gasteiger partial charge in [-0.3, -0.25) is 4.79 Å². The Bertz CT molecular complexity index is 201. The van der Waals surface area contributed by atoms with Gasteiger partial charge in [0, 0.05) is 20.1 Å². The van der Waals surface area contributed by atoms with Crippen molar-refractivity contribution in [2.24, 2.45) is 5.92 Å². The van der Waals surface area contributed by atoms with E-state index in [-0.39, 0.29) is 11.9 Å². The standard InChI is InChI=1S/C11H22N2O2/c1-9(2)4-6-13(3)11(14)10-8-15-7-5-12-10/h9-10,12H,4-8H2,1-3H3. The number of carbonyl (C=O) groups is 1. The fraction of sp³-hybridized carbons (Fsp3) is 0.909. The number of rotatable bonds is 4. The molecule has 0 aromatic carbocycles. The first-order valence-electron chi connectivity index (χ1n) is 5.67. The summed E-state index contributed by atoms with van der Waals surface area (Å²) >= 11 is 0. The van der Waals surface area contributed by atoms with Crippen LogP contribution in [0, 0.1) is 5.92 Å². The van der Waals surface area contributed by atoms with Crippen LogP contribution in [-0.4, -0.2) is 50.2 Å². The molecule has 88 valence electrons. The number of morpholine rings is 1. The summed E-state index contributed by atoms with van der Waals surface area (Å²) in [6, 6.07) is -0.143. The maximum atomic E-state index is 11.9. The Hall–Kier alpha value is -0.610. The Labute approximate surface area is 92.0 Å². The minimum Gasteiger partial charge on any atom is -0.378 e. The van der Waals surface area contributed by atoms with E-state index in [9.17, 15) is 4.79 Å². The molecular formula is C11H22N2O2. The third-order valence-corrected chi connectivity index (χ3v) is 2.64. The van der Waals surface area contributed by atoms with Crippen LogP contribution in [0.2, 0.25) is 0 Å². The van der Waals surface area contributed by atoms with Crippen molar-refractivity contribution in [2.45, 2.75) is 26.3 Å². The molecule has 0 aliphatic carbocycles. The Morgan fingerprint density at radius 3 is 2.87 bits per heavy atom. The minimum atomic E-state index is -0.143. The fourth-order valence-corrected chi connectivity index (χ4v) is 1.55. The van der Waals surface area contributed by atoms with Crippen LogP contribution >= 0.6 is 0 Å². The predicted octanol–water partition coefficient (Wildman–Crippen LogP) is 0.479. The average molecular weight is 214 g/mol. The Kier molecular flexibility index (Phi) is 5.05. The third kappa shape index (κ3) is 4.18. The molecule has 1 N–H and O–H groups in total. The van der Waals surface area contributed by atoms with Crippen molar-refractivity contribution < 1.29 is 9.53 Å². The van der Waals surface area contributed by atoms with Crippen LogP contribution in [-0.2, 0) is 9.53 Å². The van der Waals surface area contributed by atoms with Crippen molar-refractivity contribution in [3.63, 3.8) is 0 Å². The van der Waals surface area contributed by atoms with Gasteiger partial charge < -0.3 is 15.0 Å². The molecule has 1 saturated heterocycles. The second kappa shape index (κ2) is 6.08. The maximum absolute atomic E-state index is 11.9. The van der Waals surface area contributed by atoms with Gasteiger partial charge in [-0.05, 0) is 12.3 Å². The molecule has 1 rings (SSSR count). The summed E-state index contributed by atoms with van der Waals surface area (Å²) in [5.74, 6) is 0.783. The quantitative estimate of drug-likeness (QED) is 0.740. The Morgan fingerprint density at radius 2 is 2.33 bits per heavy atom. The molecule has 1 atom stereocenters. The topological polar surface area (TPSA) is 41.6 Å². The molecule has 4 nitrogen and oxygen atoms in total. The normalized spacial score (nSPS) is 21.7. The highest BCUT2D eigenvalue weighted by atomic mass is 16.5. The van der Waals surface area contributed by atoms with Gasteiger partial charge in [-0.15, -0.1) is 0 Å². The van der Waals surface area contributed by atoms with Crippen LogP contribution in [0.1, 0.15) is 20.3 Å². The molecule has 1 amide bonds. The second-order valence-corrected chi connectivity index (χ2v) is 4.52. The van der Waals surface area contributed by atoms with E-state index in [4.69, 9.17) is 4.74 Å². The van der Waals surface area contributed by atoms with E-state index >= 15 is 0 Å². The number of amides is 1. The van der Waals surface area contributed by atoms with Gasteiger partial charge in [0.25, 0.3) is 0 Å². The summed E-state index contributed by atoms with van der Waals surface area (Å²) in [4.78, 5) is 13.7. The van der Waals surface area contributed by atoms with Gasteiger partial charge in [-0.2, -0.15) is 0 Å². The Morgan fingerprint density at radius 1 is 1.60 bits per heavy atom. The zero-order valence-electron chi connectivity index (χ0n) is 9.95. The zero-order chi connectivity index (χ0) is 11.3. The maximum Gasteiger partial charge on any atom is 0.241 e. The number of nitrogens with one attached hydrogen (secondary N) is 1. The molecule has 0 radical (unpaired) electrons. The van der Waals surface area contributed by atoms with E-state index in [1.807, 2.05) is 7.05 Å². The number of hydrogen-bond donors (Lipinski definition) is 1. The summed E-state index contributed by atoms with van der Waals surface area (Å²) in [5, 5.41) is 3.17. The first-order chi connectivity index (χ1) is 7.11. The molecule has 1 fully saturated rings. The van der Waals surface area contributed by atoms with Crippen molar-refractivity contribution in [1.82, 2.24) is 10.2 Å². The van der Waals surface area contributed by atoms with Gasteiger partial charge in [0.15, 0.2) is 0 Å². The summed E-state index contributed by atoms with van der Waals surface area (Å²) in [6.45, 7) is 7.15. The third-order valence-electron chi connectivity index (χ3n) is 2.64. The number of ether oxygens (including phenoxy) is 1. The first-order valence-corrected chi connectivity index (χ1v) is 5.67. The molecule has 0 saturated carbocycles. The van der Waals surface area contributed by atoms with Crippen LogP contribution in [0.5, 0.6) is 0 Å². The van der Waals surface area contributed by atoms with E-state index in [0.29, 0.717) is 19.1 Å². The molecule has 15 heavy (non-hydrogen) atoms. The van der Waals surface area contributed by atoms with Crippen LogP contribution in [0.4, 0.5) is 0 Å². The molecule has 0 bridgehead atoms. The van der Waals surface area contributed by atoms with E-state index in [0.717, 1.165) is 19.5 Å². The van der Waals surface area contributed by atoms with Crippen molar-refractivity contribution in [1.29, 1.82) is 0 Å². The van der Waals surface area contributed by atoms with Crippen LogP contribution in [0.15, 0.2) is 0 Å². The molecule has 0 spiro atoms. The molecule has 0 aromatic heterocycles. The van der Waals surface area contributed by atoms with Gasteiger partial charge in [0.2, 0.25) is 5.91 Å². The van der Waals surface area contributed by atoms with E-state index in [1.165, 1.54) is 0 Å². The highest BCUT2D eigenvalue weighted by Crippen LogP contribution is 2.03.